The summed E-state index contributed by atoms with van der Waals surface area (Å²) < 4.78 is 1.71. The average Bonchev–Trinajstić information content (AvgIpc) is 3.22. The molecule has 2 heterocycles. The highest BCUT2D eigenvalue weighted by Gasteiger charge is 2.25. The van der Waals surface area contributed by atoms with Gasteiger partial charge in [0.15, 0.2) is 5.82 Å². The molecule has 154 valence electrons. The number of piperazine rings is 1. The number of benzene rings is 2. The molecule has 10 heteroatoms. The van der Waals surface area contributed by atoms with E-state index >= 15 is 0 Å². The highest BCUT2D eigenvalue weighted by Crippen LogP contribution is 2.21. The monoisotopic (exact) mass is 407 g/mol. The second-order valence-electron chi connectivity index (χ2n) is 7.17. The third kappa shape index (κ3) is 4.03. The number of hydrogen-bond donors (Lipinski definition) is 0. The summed E-state index contributed by atoms with van der Waals surface area (Å²) in [4.78, 5) is 27.4. The van der Waals surface area contributed by atoms with Crippen LogP contribution in [-0.2, 0) is 6.54 Å². The van der Waals surface area contributed by atoms with Gasteiger partial charge < -0.3 is 4.90 Å². The number of aryl methyl sites for hydroxylation is 1. The first-order valence-corrected chi connectivity index (χ1v) is 9.62. The van der Waals surface area contributed by atoms with Crippen molar-refractivity contribution in [1.82, 2.24) is 30.0 Å². The molecule has 2 aromatic carbocycles. The van der Waals surface area contributed by atoms with Gasteiger partial charge in [0.2, 0.25) is 0 Å². The number of carbonyl (C=O) groups excluding carboxylic acids is 1. The van der Waals surface area contributed by atoms with Crippen LogP contribution < -0.4 is 0 Å². The number of hydrogen-bond acceptors (Lipinski definition) is 7. The van der Waals surface area contributed by atoms with Crippen LogP contribution >= 0.6 is 0 Å². The van der Waals surface area contributed by atoms with Crippen LogP contribution in [0.4, 0.5) is 5.69 Å². The largest absolute Gasteiger partial charge is 0.336 e. The molecule has 1 fully saturated rings. The Kier molecular flexibility index (Phi) is 5.48. The Morgan fingerprint density at radius 2 is 1.83 bits per heavy atom. The van der Waals surface area contributed by atoms with Crippen molar-refractivity contribution in [1.29, 1.82) is 0 Å². The summed E-state index contributed by atoms with van der Waals surface area (Å²) in [5.74, 6) is 0.544. The number of nitro benzene ring substituents is 1. The lowest BCUT2D eigenvalue weighted by Crippen LogP contribution is -2.48. The minimum atomic E-state index is -0.457. The molecular formula is C20H21N7O3. The molecule has 3 aromatic rings. The van der Waals surface area contributed by atoms with Gasteiger partial charge in [0.05, 0.1) is 17.2 Å². The Morgan fingerprint density at radius 1 is 1.10 bits per heavy atom. The van der Waals surface area contributed by atoms with Crippen molar-refractivity contribution in [3.05, 3.63) is 75.6 Å². The van der Waals surface area contributed by atoms with E-state index in [1.54, 1.807) is 28.6 Å². The molecule has 10 nitrogen and oxygen atoms in total. The lowest BCUT2D eigenvalue weighted by molar-refractivity contribution is -0.385. The zero-order valence-electron chi connectivity index (χ0n) is 16.5. The number of amides is 1. The molecule has 0 radical (unpaired) electrons. The summed E-state index contributed by atoms with van der Waals surface area (Å²) in [5, 5.41) is 23.2. The van der Waals surface area contributed by atoms with Crippen LogP contribution in [0.5, 0.6) is 0 Å². The van der Waals surface area contributed by atoms with Crippen molar-refractivity contribution >= 4 is 11.6 Å². The van der Waals surface area contributed by atoms with Gasteiger partial charge in [0, 0.05) is 43.4 Å². The number of carbonyl (C=O) groups is 1. The van der Waals surface area contributed by atoms with Gasteiger partial charge in [-0.15, -0.1) is 5.10 Å². The maximum Gasteiger partial charge on any atom is 0.273 e. The van der Waals surface area contributed by atoms with E-state index in [0.717, 1.165) is 11.5 Å². The van der Waals surface area contributed by atoms with Crippen LogP contribution in [-0.4, -0.2) is 67.0 Å². The van der Waals surface area contributed by atoms with Gasteiger partial charge in [-0.3, -0.25) is 19.8 Å². The number of aromatic nitrogens is 4. The van der Waals surface area contributed by atoms with Gasteiger partial charge in [-0.1, -0.05) is 24.3 Å². The van der Waals surface area contributed by atoms with Crippen LogP contribution in [0.15, 0.2) is 48.5 Å². The molecule has 0 unspecified atom stereocenters. The SMILES string of the molecule is Cc1ccc(C(=O)N2CCN(Cc3nnnn3-c3ccccc3)CC2)cc1[N+](=O)[O-]. The third-order valence-electron chi connectivity index (χ3n) is 5.21. The van der Waals surface area contributed by atoms with Crippen LogP contribution in [0.1, 0.15) is 21.7 Å². The van der Waals surface area contributed by atoms with Crippen LogP contribution in [0, 0.1) is 17.0 Å². The number of nitrogens with zero attached hydrogens (tertiary/aromatic N) is 7. The van der Waals surface area contributed by atoms with Crippen molar-refractivity contribution in [3.8, 4) is 5.69 Å². The molecule has 0 spiro atoms. The molecule has 30 heavy (non-hydrogen) atoms. The normalized spacial score (nSPS) is 14.6. The fourth-order valence-electron chi connectivity index (χ4n) is 3.50. The minimum absolute atomic E-state index is 0.0350. The number of rotatable bonds is 5. The van der Waals surface area contributed by atoms with E-state index in [0.29, 0.717) is 43.9 Å². The lowest BCUT2D eigenvalue weighted by atomic mass is 10.1. The topological polar surface area (TPSA) is 110 Å². The van der Waals surface area contributed by atoms with Gasteiger partial charge in [-0.2, -0.15) is 4.68 Å². The second-order valence-corrected chi connectivity index (χ2v) is 7.17. The van der Waals surface area contributed by atoms with Gasteiger partial charge in [0.1, 0.15) is 0 Å². The first kappa shape index (κ1) is 19.6. The van der Waals surface area contributed by atoms with E-state index in [2.05, 4.69) is 20.4 Å². The molecular weight excluding hydrogens is 386 g/mol. The summed E-state index contributed by atoms with van der Waals surface area (Å²) >= 11 is 0. The summed E-state index contributed by atoms with van der Waals surface area (Å²) in [5.41, 5.74) is 1.74. The Labute approximate surface area is 172 Å². The van der Waals surface area contributed by atoms with Crippen molar-refractivity contribution in [2.45, 2.75) is 13.5 Å². The van der Waals surface area contributed by atoms with E-state index in [-0.39, 0.29) is 11.6 Å². The van der Waals surface area contributed by atoms with Crippen molar-refractivity contribution in [2.24, 2.45) is 0 Å². The van der Waals surface area contributed by atoms with Crippen molar-refractivity contribution in [2.75, 3.05) is 26.2 Å². The standard InChI is InChI=1S/C20H21N7O3/c1-15-7-8-16(13-18(15)27(29)30)20(28)25-11-9-24(10-12-25)14-19-21-22-23-26(19)17-5-3-2-4-6-17/h2-8,13H,9-12,14H2,1H3. The van der Waals surface area contributed by atoms with E-state index in [9.17, 15) is 14.9 Å². The zero-order valence-corrected chi connectivity index (χ0v) is 16.5. The van der Waals surface area contributed by atoms with Crippen molar-refractivity contribution < 1.29 is 9.72 Å². The molecule has 0 N–H and O–H groups in total. The highest BCUT2D eigenvalue weighted by atomic mass is 16.6. The first-order chi connectivity index (χ1) is 14.5. The molecule has 1 aliphatic heterocycles. The number of para-hydroxylation sites is 1. The third-order valence-corrected chi connectivity index (χ3v) is 5.21. The summed E-state index contributed by atoms with van der Waals surface area (Å²) in [6.45, 7) is 4.64. The molecule has 1 aromatic heterocycles. The lowest BCUT2D eigenvalue weighted by Gasteiger charge is -2.34. The first-order valence-electron chi connectivity index (χ1n) is 9.62. The molecule has 1 saturated heterocycles. The van der Waals surface area contributed by atoms with Crippen LogP contribution in [0.25, 0.3) is 5.69 Å². The second kappa shape index (κ2) is 8.37. The number of tetrazole rings is 1. The molecule has 1 amide bonds. The van der Waals surface area contributed by atoms with Gasteiger partial charge in [-0.25, -0.2) is 0 Å². The fraction of sp³-hybridized carbons (Fsp3) is 0.300. The van der Waals surface area contributed by atoms with E-state index in [1.807, 2.05) is 30.3 Å². The summed E-state index contributed by atoms with van der Waals surface area (Å²) in [7, 11) is 0. The van der Waals surface area contributed by atoms with E-state index in [1.165, 1.54) is 6.07 Å². The fourth-order valence-corrected chi connectivity index (χ4v) is 3.50. The van der Waals surface area contributed by atoms with E-state index in [4.69, 9.17) is 0 Å². The van der Waals surface area contributed by atoms with Gasteiger partial charge in [0.25, 0.3) is 11.6 Å². The Bertz CT molecular complexity index is 1060. The number of nitro groups is 1. The molecule has 4 rings (SSSR count). The maximum absolute atomic E-state index is 12.8. The molecule has 1 aliphatic rings. The Balaban J connectivity index is 1.39. The van der Waals surface area contributed by atoms with Crippen LogP contribution in [0.2, 0.25) is 0 Å². The quantitative estimate of drug-likeness (QED) is 0.469. The predicted molar refractivity (Wildman–Crippen MR) is 108 cm³/mol. The summed E-state index contributed by atoms with van der Waals surface area (Å²) in [6.07, 6.45) is 0. The molecule has 0 aliphatic carbocycles. The highest BCUT2D eigenvalue weighted by molar-refractivity contribution is 5.95. The average molecular weight is 407 g/mol. The van der Waals surface area contributed by atoms with Gasteiger partial charge in [-0.05, 0) is 35.5 Å². The zero-order chi connectivity index (χ0) is 21.1. The smallest absolute Gasteiger partial charge is 0.273 e. The predicted octanol–water partition coefficient (Wildman–Crippen LogP) is 1.84. The Hall–Kier alpha value is -3.66. The van der Waals surface area contributed by atoms with E-state index < -0.39 is 4.92 Å². The minimum Gasteiger partial charge on any atom is -0.336 e. The summed E-state index contributed by atoms with van der Waals surface area (Å²) in [6, 6.07) is 14.3. The molecule has 0 bridgehead atoms. The molecule has 0 atom stereocenters. The van der Waals surface area contributed by atoms with Crippen LogP contribution in [0.3, 0.4) is 0 Å². The van der Waals surface area contributed by atoms with Gasteiger partial charge >= 0.3 is 0 Å². The maximum atomic E-state index is 12.8. The Morgan fingerprint density at radius 3 is 2.53 bits per heavy atom. The molecule has 0 saturated carbocycles. The van der Waals surface area contributed by atoms with Crippen molar-refractivity contribution in [3.63, 3.8) is 0 Å².